The first kappa shape index (κ1) is 39.4. The topological polar surface area (TPSA) is 166 Å². The Morgan fingerprint density at radius 1 is 0.918 bits per heavy atom. The molecule has 2 fully saturated rings. The van der Waals surface area contributed by atoms with Crippen LogP contribution >= 0.6 is 0 Å². The largest absolute Gasteiger partial charge is 0.459 e. The molecule has 268 valence electrons. The van der Waals surface area contributed by atoms with Crippen molar-refractivity contribution < 1.29 is 38.6 Å². The number of nitro benzene ring substituents is 1. The monoisotopic (exact) mass is 680 g/mol. The number of nitrogens with zero attached hydrogens (tertiary/aromatic N) is 2. The van der Waals surface area contributed by atoms with Crippen LogP contribution in [0.3, 0.4) is 0 Å². The lowest BCUT2D eigenvalue weighted by molar-refractivity contribution is -0.385. The standard InChI is InChI=1S/C38H52N2O9/c1-5-7-10-26-14-18-28(19-15-26)36(42)48-33-23-32(40(45)46)34(49-37(43)29-20-16-27(17-21-29)11-8-6-2)22-30(33)12-9-13-31(24-39)35(41)47-25-38(3,4)44/h9,12-13,22-23,26-29,44H,5-8,10-11,14-21,25H2,1-4H3/b12-9+,31-13+. The van der Waals surface area contributed by atoms with Gasteiger partial charge in [-0.25, -0.2) is 4.79 Å². The molecule has 1 N–H and O–H groups in total. The van der Waals surface area contributed by atoms with E-state index in [1.807, 2.05) is 0 Å². The number of nitro groups is 1. The normalized spacial score (nSPS) is 21.5. The van der Waals surface area contributed by atoms with Gasteiger partial charge in [-0.05, 0) is 89.2 Å². The highest BCUT2D eigenvalue weighted by atomic mass is 16.6. The average Bonchev–Trinajstić information content (AvgIpc) is 3.08. The highest BCUT2D eigenvalue weighted by molar-refractivity contribution is 5.93. The molecule has 1 aromatic rings. The number of aliphatic hydroxyl groups is 1. The van der Waals surface area contributed by atoms with Crippen molar-refractivity contribution in [1.29, 1.82) is 5.26 Å². The second-order valence-corrected chi connectivity index (χ2v) is 14.1. The molecule has 0 heterocycles. The van der Waals surface area contributed by atoms with E-state index in [0.29, 0.717) is 37.5 Å². The van der Waals surface area contributed by atoms with Crippen molar-refractivity contribution in [2.75, 3.05) is 6.61 Å². The molecule has 11 heteroatoms. The van der Waals surface area contributed by atoms with E-state index in [2.05, 4.69) is 13.8 Å². The zero-order chi connectivity index (χ0) is 36.0. The summed E-state index contributed by atoms with van der Waals surface area (Å²) in [6.07, 6.45) is 17.0. The van der Waals surface area contributed by atoms with Crippen molar-refractivity contribution in [2.24, 2.45) is 23.7 Å². The van der Waals surface area contributed by atoms with Crippen LogP contribution in [-0.4, -0.2) is 40.1 Å². The average molecular weight is 681 g/mol. The molecule has 0 amide bonds. The van der Waals surface area contributed by atoms with E-state index < -0.39 is 34.1 Å². The Morgan fingerprint density at radius 3 is 1.88 bits per heavy atom. The number of allylic oxidation sites excluding steroid dienone is 2. The van der Waals surface area contributed by atoms with Crippen LogP contribution in [-0.2, 0) is 19.1 Å². The van der Waals surface area contributed by atoms with Crippen molar-refractivity contribution in [2.45, 2.75) is 123 Å². The van der Waals surface area contributed by atoms with Gasteiger partial charge in [0, 0.05) is 5.56 Å². The van der Waals surface area contributed by atoms with Crippen LogP contribution < -0.4 is 9.47 Å². The van der Waals surface area contributed by atoms with Gasteiger partial charge in [-0.1, -0.05) is 64.5 Å². The predicted molar refractivity (Wildman–Crippen MR) is 184 cm³/mol. The summed E-state index contributed by atoms with van der Waals surface area (Å²) < 4.78 is 16.4. The molecule has 0 atom stereocenters. The van der Waals surface area contributed by atoms with Crippen LogP contribution in [0, 0.1) is 45.1 Å². The number of esters is 3. The fourth-order valence-corrected chi connectivity index (χ4v) is 6.47. The van der Waals surface area contributed by atoms with Gasteiger partial charge in [-0.15, -0.1) is 0 Å². The van der Waals surface area contributed by atoms with E-state index in [0.717, 1.165) is 70.3 Å². The lowest BCUT2D eigenvalue weighted by Gasteiger charge is -2.27. The Kier molecular flexibility index (Phi) is 15.5. The molecule has 1 aromatic carbocycles. The Hall–Kier alpha value is -4.04. The number of carbonyl (C=O) groups excluding carboxylic acids is 3. The quantitative estimate of drug-likeness (QED) is 0.0342. The maximum atomic E-state index is 13.3. The molecule has 0 bridgehead atoms. The van der Waals surface area contributed by atoms with Crippen LogP contribution in [0.25, 0.3) is 6.08 Å². The Morgan fingerprint density at radius 2 is 1.43 bits per heavy atom. The summed E-state index contributed by atoms with van der Waals surface area (Å²) >= 11 is 0. The molecule has 0 aromatic heterocycles. The number of nitriles is 1. The van der Waals surface area contributed by atoms with Gasteiger partial charge in [0.05, 0.1) is 28.4 Å². The van der Waals surface area contributed by atoms with Gasteiger partial charge in [0.2, 0.25) is 5.75 Å². The third-order valence-corrected chi connectivity index (χ3v) is 9.44. The molecule has 3 rings (SSSR count). The Bertz CT molecular complexity index is 1400. The molecule has 0 saturated heterocycles. The first-order valence-electron chi connectivity index (χ1n) is 17.8. The molecule has 2 aliphatic carbocycles. The van der Waals surface area contributed by atoms with Gasteiger partial charge in [0.1, 0.15) is 24.0 Å². The van der Waals surface area contributed by atoms with Crippen LogP contribution in [0.2, 0.25) is 0 Å². The van der Waals surface area contributed by atoms with E-state index in [4.69, 9.17) is 14.2 Å². The zero-order valence-electron chi connectivity index (χ0n) is 29.4. The van der Waals surface area contributed by atoms with Crippen molar-refractivity contribution in [3.63, 3.8) is 0 Å². The molecule has 0 radical (unpaired) electrons. The Labute approximate surface area is 289 Å². The van der Waals surface area contributed by atoms with E-state index in [-0.39, 0.29) is 41.1 Å². The number of carbonyl (C=O) groups is 3. The number of hydrogen-bond donors (Lipinski definition) is 1. The van der Waals surface area contributed by atoms with Crippen LogP contribution in [0.1, 0.15) is 123 Å². The van der Waals surface area contributed by atoms with E-state index >= 15 is 0 Å². The van der Waals surface area contributed by atoms with Crippen LogP contribution in [0.15, 0.2) is 29.9 Å². The second kappa shape index (κ2) is 19.2. The van der Waals surface area contributed by atoms with Gasteiger partial charge < -0.3 is 19.3 Å². The highest BCUT2D eigenvalue weighted by Crippen LogP contribution is 2.39. The fraction of sp³-hybridized carbons (Fsp3) is 0.632. The predicted octanol–water partition coefficient (Wildman–Crippen LogP) is 8.18. The summed E-state index contributed by atoms with van der Waals surface area (Å²) in [4.78, 5) is 50.4. The van der Waals surface area contributed by atoms with Crippen LogP contribution in [0.4, 0.5) is 5.69 Å². The minimum Gasteiger partial charge on any atom is -0.459 e. The first-order chi connectivity index (χ1) is 23.3. The summed E-state index contributed by atoms with van der Waals surface area (Å²) in [5.74, 6) is -1.97. The highest BCUT2D eigenvalue weighted by Gasteiger charge is 2.32. The van der Waals surface area contributed by atoms with Crippen molar-refractivity contribution in [3.05, 3.63) is 45.5 Å². The summed E-state index contributed by atoms with van der Waals surface area (Å²) in [5.41, 5.74) is -1.99. The third kappa shape index (κ3) is 12.7. The molecular weight excluding hydrogens is 628 g/mol. The van der Waals surface area contributed by atoms with Crippen LogP contribution in [0.5, 0.6) is 11.5 Å². The van der Waals surface area contributed by atoms with E-state index in [1.165, 1.54) is 38.1 Å². The number of rotatable bonds is 16. The molecule has 2 aliphatic rings. The van der Waals surface area contributed by atoms with Gasteiger partial charge in [-0.2, -0.15) is 5.26 Å². The van der Waals surface area contributed by atoms with E-state index in [9.17, 15) is 34.9 Å². The number of ether oxygens (including phenoxy) is 3. The van der Waals surface area contributed by atoms with Gasteiger partial charge in [0.15, 0.2) is 0 Å². The third-order valence-electron chi connectivity index (χ3n) is 9.44. The van der Waals surface area contributed by atoms with Crippen molar-refractivity contribution >= 4 is 29.7 Å². The van der Waals surface area contributed by atoms with Gasteiger partial charge in [0.25, 0.3) is 0 Å². The van der Waals surface area contributed by atoms with Crippen molar-refractivity contribution in [3.8, 4) is 17.6 Å². The molecule has 2 saturated carbocycles. The molecule has 0 unspecified atom stereocenters. The maximum absolute atomic E-state index is 13.3. The van der Waals surface area contributed by atoms with Gasteiger partial charge >= 0.3 is 23.6 Å². The van der Waals surface area contributed by atoms with Crippen molar-refractivity contribution in [1.82, 2.24) is 0 Å². The first-order valence-corrected chi connectivity index (χ1v) is 17.8. The summed E-state index contributed by atoms with van der Waals surface area (Å²) in [6.45, 7) is 6.88. The molecule has 0 spiro atoms. The molecule has 0 aliphatic heterocycles. The Balaban J connectivity index is 1.88. The smallest absolute Gasteiger partial charge is 0.348 e. The number of benzene rings is 1. The molecule has 49 heavy (non-hydrogen) atoms. The molecular formula is C38H52N2O9. The lowest BCUT2D eigenvalue weighted by Crippen LogP contribution is -2.28. The summed E-state index contributed by atoms with van der Waals surface area (Å²) in [6, 6.07) is 4.11. The SMILES string of the molecule is CCCCC1CCC(C(=O)Oc2cc([N+](=O)[O-])c(OC(=O)C3CCC(CCCC)CC3)cc2/C=C/C=C(\C#N)C(=O)OCC(C)(C)O)CC1. The summed E-state index contributed by atoms with van der Waals surface area (Å²) in [5, 5.41) is 31.5. The fourth-order valence-electron chi connectivity index (χ4n) is 6.47. The maximum Gasteiger partial charge on any atom is 0.348 e. The molecule has 11 nitrogen and oxygen atoms in total. The lowest BCUT2D eigenvalue weighted by atomic mass is 9.80. The van der Waals surface area contributed by atoms with E-state index in [1.54, 1.807) is 6.07 Å². The minimum atomic E-state index is -1.29. The number of hydrogen-bond acceptors (Lipinski definition) is 10. The van der Waals surface area contributed by atoms with Gasteiger partial charge in [-0.3, -0.25) is 19.7 Å². The minimum absolute atomic E-state index is 0.103. The second-order valence-electron chi connectivity index (χ2n) is 14.1. The zero-order valence-corrected chi connectivity index (χ0v) is 29.4. The number of unbranched alkanes of at least 4 members (excludes halogenated alkanes) is 2. The summed E-state index contributed by atoms with van der Waals surface area (Å²) in [7, 11) is 0.